The molecular weight excluding hydrogens is 795 g/mol. The van der Waals surface area contributed by atoms with E-state index in [4.69, 9.17) is 4.42 Å². The summed E-state index contributed by atoms with van der Waals surface area (Å²) in [6.07, 6.45) is 8.15. The van der Waals surface area contributed by atoms with E-state index in [2.05, 4.69) is 225 Å². The zero-order valence-corrected chi connectivity index (χ0v) is 36.5. The fourth-order valence-electron chi connectivity index (χ4n) is 11.0. The topological polar surface area (TPSA) is 16.4 Å². The zero-order valence-electron chi connectivity index (χ0n) is 35.7. The Bertz CT molecular complexity index is 3750. The van der Waals surface area contributed by atoms with Gasteiger partial charge in [0.15, 0.2) is 0 Å². The first-order valence-electron chi connectivity index (χ1n) is 22.4. The third-order valence-corrected chi connectivity index (χ3v) is 15.2. The number of fused-ring (bicyclic) bond motifs is 10. The zero-order chi connectivity index (χ0) is 42.5. The lowest BCUT2D eigenvalue weighted by molar-refractivity contribution is 0.642. The Kier molecular flexibility index (Phi) is 8.29. The van der Waals surface area contributed by atoms with Gasteiger partial charge in [-0.2, -0.15) is 0 Å². The number of furan rings is 1. The molecule has 3 heteroatoms. The molecule has 0 saturated carbocycles. The number of anilines is 2. The summed E-state index contributed by atoms with van der Waals surface area (Å²) in [7, 11) is 0. The molecule has 0 radical (unpaired) electrons. The van der Waals surface area contributed by atoms with Crippen molar-refractivity contribution >= 4 is 75.6 Å². The Balaban J connectivity index is 0.945. The monoisotopic (exact) mass is 837 g/mol. The molecule has 0 amide bonds. The second-order valence-electron chi connectivity index (χ2n) is 17.9. The molecule has 0 saturated heterocycles. The molecule has 0 bridgehead atoms. The van der Waals surface area contributed by atoms with Crippen molar-refractivity contribution in [2.75, 3.05) is 4.90 Å². The SMILES string of the molecule is CC1(C)c2ccccc2-c2cccc(C3C=CC(N(c4ccc(-c5cccc6c5sc5ccccc56)cc4)c4ccccc4-c4cccc5c4oc4cc6ccccc6cc45)=CC3)c21. The van der Waals surface area contributed by atoms with Crippen LogP contribution in [0.15, 0.2) is 216 Å². The van der Waals surface area contributed by atoms with Gasteiger partial charge in [0.1, 0.15) is 11.2 Å². The van der Waals surface area contributed by atoms with Crippen LogP contribution in [0, 0.1) is 0 Å². The molecule has 1 unspecified atom stereocenters. The quantitative estimate of drug-likeness (QED) is 0.166. The van der Waals surface area contributed by atoms with Crippen molar-refractivity contribution in [3.63, 3.8) is 0 Å². The van der Waals surface area contributed by atoms with E-state index in [0.717, 1.165) is 56.6 Å². The van der Waals surface area contributed by atoms with Crippen LogP contribution in [0.5, 0.6) is 0 Å². The minimum Gasteiger partial charge on any atom is -0.455 e. The normalized spacial score (nSPS) is 15.3. The van der Waals surface area contributed by atoms with Crippen molar-refractivity contribution in [1.82, 2.24) is 0 Å². The summed E-state index contributed by atoms with van der Waals surface area (Å²) < 4.78 is 9.49. The highest BCUT2D eigenvalue weighted by atomic mass is 32.1. The molecule has 0 aliphatic heterocycles. The van der Waals surface area contributed by atoms with Gasteiger partial charge in [0.05, 0.1) is 5.69 Å². The number of rotatable bonds is 6. The smallest absolute Gasteiger partial charge is 0.143 e. The van der Waals surface area contributed by atoms with Gasteiger partial charge in [0.2, 0.25) is 0 Å². The van der Waals surface area contributed by atoms with Crippen molar-refractivity contribution in [2.24, 2.45) is 0 Å². The molecule has 1 atom stereocenters. The average molecular weight is 838 g/mol. The van der Waals surface area contributed by atoms with Crippen molar-refractivity contribution in [2.45, 2.75) is 31.6 Å². The number of hydrogen-bond donors (Lipinski definition) is 0. The fourth-order valence-corrected chi connectivity index (χ4v) is 12.2. The first-order chi connectivity index (χ1) is 31.5. The van der Waals surface area contributed by atoms with E-state index in [0.29, 0.717) is 0 Å². The van der Waals surface area contributed by atoms with E-state index >= 15 is 0 Å². The number of nitrogens with zero attached hydrogens (tertiary/aromatic N) is 1. The molecular formula is C61H43NOS. The van der Waals surface area contributed by atoms with Crippen LogP contribution in [-0.4, -0.2) is 0 Å². The van der Waals surface area contributed by atoms with Crippen molar-refractivity contribution < 1.29 is 4.42 Å². The molecule has 2 aliphatic rings. The number of hydrogen-bond acceptors (Lipinski definition) is 3. The fraction of sp³-hybridized carbons (Fsp3) is 0.0820. The average Bonchev–Trinajstić information content (AvgIpc) is 3.99. The van der Waals surface area contributed by atoms with Crippen LogP contribution in [-0.2, 0) is 5.41 Å². The third kappa shape index (κ3) is 5.64. The molecule has 304 valence electrons. The minimum absolute atomic E-state index is 0.0718. The molecule has 0 N–H and O–H groups in total. The van der Waals surface area contributed by atoms with Crippen LogP contribution in [0.3, 0.4) is 0 Å². The predicted octanol–water partition coefficient (Wildman–Crippen LogP) is 17.5. The van der Waals surface area contributed by atoms with Crippen LogP contribution < -0.4 is 4.90 Å². The molecule has 0 spiro atoms. The van der Waals surface area contributed by atoms with Gasteiger partial charge in [-0.15, -0.1) is 11.3 Å². The highest BCUT2D eigenvalue weighted by Gasteiger charge is 2.38. The van der Waals surface area contributed by atoms with E-state index < -0.39 is 0 Å². The Hall–Kier alpha value is -7.46. The maximum Gasteiger partial charge on any atom is 0.143 e. The minimum atomic E-state index is -0.0718. The second-order valence-corrected chi connectivity index (χ2v) is 19.0. The van der Waals surface area contributed by atoms with Gasteiger partial charge in [-0.25, -0.2) is 0 Å². The highest BCUT2D eigenvalue weighted by molar-refractivity contribution is 7.26. The number of thiophene rings is 1. The van der Waals surface area contributed by atoms with E-state index in [-0.39, 0.29) is 11.3 Å². The molecule has 11 aromatic rings. The van der Waals surface area contributed by atoms with Crippen molar-refractivity contribution in [3.05, 3.63) is 229 Å². The Morgan fingerprint density at radius 2 is 1.23 bits per heavy atom. The summed E-state index contributed by atoms with van der Waals surface area (Å²) in [5.74, 6) is 0.258. The first kappa shape index (κ1) is 37.1. The van der Waals surface area contributed by atoms with E-state index in [1.807, 2.05) is 11.3 Å². The van der Waals surface area contributed by atoms with E-state index in [1.54, 1.807) is 0 Å². The maximum atomic E-state index is 6.85. The summed E-state index contributed by atoms with van der Waals surface area (Å²) in [6, 6.07) is 69.0. The maximum absolute atomic E-state index is 6.85. The summed E-state index contributed by atoms with van der Waals surface area (Å²) >= 11 is 1.88. The predicted molar refractivity (Wildman–Crippen MR) is 272 cm³/mol. The van der Waals surface area contributed by atoms with E-state index in [9.17, 15) is 0 Å². The van der Waals surface area contributed by atoms with Crippen molar-refractivity contribution in [1.29, 1.82) is 0 Å². The summed E-state index contributed by atoms with van der Waals surface area (Å²) in [4.78, 5) is 2.46. The number of allylic oxidation sites excluding steroid dienone is 3. The standard InChI is InChI=1S/C61H43NOS/c1-61(2)54-25-8-5-16-46(54)49-21-11-19-44(58(49)61)38-28-32-42(33-29-38)62(43-34-30-39(31-35-43)45-20-12-24-52-48-18-7-10-27-57(48)64-60(45)52)55-26-9-6-17-47(55)50-22-13-23-51-53-36-40-14-3-4-15-41(40)37-56(53)63-59(50)51/h3-28,30-38H,29H2,1-2H3. The van der Waals surface area contributed by atoms with Gasteiger partial charge in [-0.05, 0) is 98.6 Å². The van der Waals surface area contributed by atoms with Gasteiger partial charge in [0, 0.05) is 64.8 Å². The van der Waals surface area contributed by atoms with Crippen LogP contribution in [0.25, 0.3) is 86.3 Å². The summed E-state index contributed by atoms with van der Waals surface area (Å²) in [6.45, 7) is 4.78. The van der Waals surface area contributed by atoms with Gasteiger partial charge < -0.3 is 9.32 Å². The van der Waals surface area contributed by atoms with E-state index in [1.165, 1.54) is 69.9 Å². The van der Waals surface area contributed by atoms with Crippen LogP contribution in [0.2, 0.25) is 0 Å². The molecule has 2 aromatic heterocycles. The molecule has 2 heterocycles. The first-order valence-corrected chi connectivity index (χ1v) is 23.2. The molecule has 13 rings (SSSR count). The lowest BCUT2D eigenvalue weighted by atomic mass is 9.76. The molecule has 2 nitrogen and oxygen atoms in total. The van der Waals surface area contributed by atoms with Crippen LogP contribution in [0.1, 0.15) is 42.9 Å². The highest BCUT2D eigenvalue weighted by Crippen LogP contribution is 2.52. The lowest BCUT2D eigenvalue weighted by Crippen LogP contribution is -2.20. The Labute approximate surface area is 376 Å². The number of benzene rings is 9. The van der Waals surface area contributed by atoms with Crippen LogP contribution in [0.4, 0.5) is 11.4 Å². The van der Waals surface area contributed by atoms with Gasteiger partial charge in [-0.1, -0.05) is 178 Å². The number of para-hydroxylation sites is 2. The summed E-state index contributed by atoms with van der Waals surface area (Å²) in [5, 5.41) is 7.28. The van der Waals surface area contributed by atoms with Gasteiger partial charge >= 0.3 is 0 Å². The molecule has 64 heavy (non-hydrogen) atoms. The molecule has 0 fully saturated rings. The molecule has 2 aliphatic carbocycles. The Morgan fingerprint density at radius 3 is 2.08 bits per heavy atom. The van der Waals surface area contributed by atoms with Crippen molar-refractivity contribution in [3.8, 4) is 33.4 Å². The van der Waals surface area contributed by atoms with Gasteiger partial charge in [-0.3, -0.25) is 0 Å². The lowest BCUT2D eigenvalue weighted by Gasteiger charge is -2.32. The Morgan fingerprint density at radius 1 is 0.562 bits per heavy atom. The second kappa shape index (κ2) is 14.3. The largest absolute Gasteiger partial charge is 0.455 e. The third-order valence-electron chi connectivity index (χ3n) is 14.0. The molecule has 9 aromatic carbocycles. The van der Waals surface area contributed by atoms with Gasteiger partial charge in [0.25, 0.3) is 0 Å². The summed E-state index contributed by atoms with van der Waals surface area (Å²) in [5.41, 5.74) is 16.8. The van der Waals surface area contributed by atoms with Crippen LogP contribution >= 0.6 is 11.3 Å².